The van der Waals surface area contributed by atoms with Crippen LogP contribution in [0.15, 0.2) is 47.3 Å². The smallest absolute Gasteiger partial charge is 0.259 e. The normalized spacial score (nSPS) is 11.4. The number of nitrogens with two attached hydrogens (primary N) is 1. The highest BCUT2D eigenvalue weighted by molar-refractivity contribution is 7.92. The van der Waals surface area contributed by atoms with Gasteiger partial charge in [-0.2, -0.15) is 0 Å². The van der Waals surface area contributed by atoms with Crippen molar-refractivity contribution in [3.63, 3.8) is 0 Å². The first-order valence-corrected chi connectivity index (χ1v) is 8.84. The van der Waals surface area contributed by atoms with Gasteiger partial charge in [0.15, 0.2) is 0 Å². The molecule has 8 nitrogen and oxygen atoms in total. The molecule has 24 heavy (non-hydrogen) atoms. The third-order valence-corrected chi connectivity index (χ3v) is 3.94. The average molecular weight is 345 g/mol. The van der Waals surface area contributed by atoms with Gasteiger partial charge >= 0.3 is 0 Å². The van der Waals surface area contributed by atoms with Crippen LogP contribution in [-0.4, -0.2) is 24.6 Å². The van der Waals surface area contributed by atoms with Gasteiger partial charge in [-0.3, -0.25) is 15.4 Å². The number of aromatic amines is 1. The molecule has 2 aromatic carbocycles. The number of H-pyrrole nitrogens is 1. The summed E-state index contributed by atoms with van der Waals surface area (Å²) in [6, 6.07) is 11.6. The molecule has 0 bridgehead atoms. The molecule has 1 aromatic heterocycles. The zero-order chi connectivity index (χ0) is 17.3. The second-order valence-corrected chi connectivity index (χ2v) is 6.96. The number of hydrogen-bond acceptors (Lipinski definition) is 6. The number of fused-ring (bicyclic) bond motifs is 1. The summed E-state index contributed by atoms with van der Waals surface area (Å²) in [5.74, 6) is 5.61. The topological polar surface area (TPSA) is 130 Å². The van der Waals surface area contributed by atoms with Crippen molar-refractivity contribution in [2.24, 2.45) is 5.84 Å². The molecule has 124 valence electrons. The van der Waals surface area contributed by atoms with Crippen molar-refractivity contribution in [3.05, 3.63) is 52.8 Å². The SMILES string of the molecule is CS(=O)(=O)Nc1ccccc1-c1nc2ccc(NN)cc2c(=O)[nH]1. The van der Waals surface area contributed by atoms with Crippen LogP contribution in [0.1, 0.15) is 0 Å². The highest BCUT2D eigenvalue weighted by atomic mass is 32.2. The number of nitrogen functional groups attached to an aromatic ring is 1. The minimum Gasteiger partial charge on any atom is -0.324 e. The number of hydrogen-bond donors (Lipinski definition) is 4. The summed E-state index contributed by atoms with van der Waals surface area (Å²) in [4.78, 5) is 19.4. The zero-order valence-electron chi connectivity index (χ0n) is 12.7. The van der Waals surface area contributed by atoms with Gasteiger partial charge in [0.05, 0.1) is 22.8 Å². The Kier molecular flexibility index (Phi) is 3.96. The highest BCUT2D eigenvalue weighted by Gasteiger charge is 2.12. The first-order chi connectivity index (χ1) is 11.4. The Morgan fingerprint density at radius 3 is 2.62 bits per heavy atom. The van der Waals surface area contributed by atoms with Gasteiger partial charge in [-0.05, 0) is 30.3 Å². The number of hydrazine groups is 1. The number of anilines is 2. The molecule has 0 aliphatic heterocycles. The lowest BCUT2D eigenvalue weighted by Gasteiger charge is -2.10. The fourth-order valence-electron chi connectivity index (χ4n) is 2.33. The molecule has 0 saturated carbocycles. The molecule has 5 N–H and O–H groups in total. The molecule has 9 heteroatoms. The van der Waals surface area contributed by atoms with E-state index < -0.39 is 10.0 Å². The summed E-state index contributed by atoms with van der Waals surface area (Å²) in [5.41, 5.74) is 3.99. The van der Waals surface area contributed by atoms with Gasteiger partial charge in [-0.25, -0.2) is 13.4 Å². The molecule has 0 saturated heterocycles. The van der Waals surface area contributed by atoms with Crippen molar-refractivity contribution in [2.45, 2.75) is 0 Å². The highest BCUT2D eigenvalue weighted by Crippen LogP contribution is 2.26. The number of nitrogens with one attached hydrogen (secondary N) is 3. The number of benzene rings is 2. The van der Waals surface area contributed by atoms with Gasteiger partial charge < -0.3 is 10.4 Å². The molecule has 0 aliphatic rings. The van der Waals surface area contributed by atoms with Crippen LogP contribution in [-0.2, 0) is 10.0 Å². The van der Waals surface area contributed by atoms with Crippen LogP contribution in [0, 0.1) is 0 Å². The zero-order valence-corrected chi connectivity index (χ0v) is 13.5. The van der Waals surface area contributed by atoms with Crippen LogP contribution in [0.5, 0.6) is 0 Å². The molecule has 0 amide bonds. The van der Waals surface area contributed by atoms with E-state index in [-0.39, 0.29) is 11.4 Å². The van der Waals surface area contributed by atoms with E-state index in [4.69, 9.17) is 5.84 Å². The Balaban J connectivity index is 2.19. The van der Waals surface area contributed by atoms with Gasteiger partial charge in [-0.15, -0.1) is 0 Å². The van der Waals surface area contributed by atoms with Crippen molar-refractivity contribution >= 4 is 32.3 Å². The van der Waals surface area contributed by atoms with Crippen LogP contribution in [0.3, 0.4) is 0 Å². The molecule has 0 unspecified atom stereocenters. The summed E-state index contributed by atoms with van der Waals surface area (Å²) < 4.78 is 25.4. The minimum absolute atomic E-state index is 0.271. The van der Waals surface area contributed by atoms with E-state index >= 15 is 0 Å². The van der Waals surface area contributed by atoms with Gasteiger partial charge in [0.25, 0.3) is 5.56 Å². The van der Waals surface area contributed by atoms with E-state index in [1.165, 1.54) is 0 Å². The predicted octanol–water partition coefficient (Wildman–Crippen LogP) is 1.25. The van der Waals surface area contributed by atoms with Crippen LogP contribution in [0.25, 0.3) is 22.3 Å². The van der Waals surface area contributed by atoms with Crippen molar-refractivity contribution < 1.29 is 8.42 Å². The maximum absolute atomic E-state index is 12.3. The summed E-state index contributed by atoms with van der Waals surface area (Å²) in [5, 5.41) is 0.378. The third kappa shape index (κ3) is 3.21. The summed E-state index contributed by atoms with van der Waals surface area (Å²) >= 11 is 0. The lowest BCUT2D eigenvalue weighted by Crippen LogP contribution is -2.14. The number of para-hydroxylation sites is 1. The Hall–Kier alpha value is -2.91. The molecular weight excluding hydrogens is 330 g/mol. The molecule has 0 atom stereocenters. The number of rotatable bonds is 4. The molecular formula is C15H15N5O3S. The average Bonchev–Trinajstić information content (AvgIpc) is 2.53. The standard InChI is InChI=1S/C15H15N5O3S/c1-24(22,23)20-13-5-3-2-4-10(13)14-17-12-7-6-9(19-16)8-11(12)15(21)18-14/h2-8,19-20H,16H2,1H3,(H,17,18,21). The van der Waals surface area contributed by atoms with E-state index in [0.717, 1.165) is 6.26 Å². The maximum atomic E-state index is 12.3. The Bertz CT molecular complexity index is 1080. The Morgan fingerprint density at radius 1 is 1.17 bits per heavy atom. The fraction of sp³-hybridized carbons (Fsp3) is 0.0667. The quantitative estimate of drug-likeness (QED) is 0.416. The van der Waals surface area contributed by atoms with Crippen molar-refractivity contribution in [2.75, 3.05) is 16.4 Å². The fourth-order valence-corrected chi connectivity index (χ4v) is 2.91. The van der Waals surface area contributed by atoms with Gasteiger partial charge in [0.2, 0.25) is 10.0 Å². The third-order valence-electron chi connectivity index (χ3n) is 3.35. The summed E-state index contributed by atoms with van der Waals surface area (Å²) in [6.45, 7) is 0. The largest absolute Gasteiger partial charge is 0.324 e. The molecule has 0 aliphatic carbocycles. The molecule has 0 fully saturated rings. The number of sulfonamides is 1. The molecule has 1 heterocycles. The van der Waals surface area contributed by atoms with Crippen LogP contribution < -0.4 is 21.5 Å². The van der Waals surface area contributed by atoms with E-state index in [2.05, 4.69) is 20.1 Å². The molecule has 0 spiro atoms. The Labute approximate surface area is 137 Å². The van der Waals surface area contributed by atoms with Gasteiger partial charge in [0.1, 0.15) is 5.82 Å². The van der Waals surface area contributed by atoms with Crippen LogP contribution in [0.4, 0.5) is 11.4 Å². The van der Waals surface area contributed by atoms with E-state index in [9.17, 15) is 13.2 Å². The summed E-state index contributed by atoms with van der Waals surface area (Å²) in [7, 11) is -3.46. The second-order valence-electron chi connectivity index (χ2n) is 5.21. The summed E-state index contributed by atoms with van der Waals surface area (Å²) in [6.07, 6.45) is 1.06. The van der Waals surface area contributed by atoms with Crippen molar-refractivity contribution in [3.8, 4) is 11.4 Å². The van der Waals surface area contributed by atoms with Gasteiger partial charge in [0, 0.05) is 11.3 Å². The van der Waals surface area contributed by atoms with E-state index in [1.807, 2.05) is 0 Å². The second kappa shape index (κ2) is 5.95. The van der Waals surface area contributed by atoms with Crippen molar-refractivity contribution in [1.82, 2.24) is 9.97 Å². The molecule has 3 aromatic rings. The first-order valence-electron chi connectivity index (χ1n) is 6.95. The van der Waals surface area contributed by atoms with Crippen LogP contribution in [0.2, 0.25) is 0 Å². The Morgan fingerprint density at radius 2 is 1.92 bits per heavy atom. The molecule has 0 radical (unpaired) electrons. The maximum Gasteiger partial charge on any atom is 0.259 e. The lowest BCUT2D eigenvalue weighted by atomic mass is 10.1. The van der Waals surface area contributed by atoms with E-state index in [1.54, 1.807) is 42.5 Å². The number of nitrogens with zero attached hydrogens (tertiary/aromatic N) is 1. The minimum atomic E-state index is -3.46. The predicted molar refractivity (Wildman–Crippen MR) is 94.1 cm³/mol. The van der Waals surface area contributed by atoms with Gasteiger partial charge in [-0.1, -0.05) is 12.1 Å². The lowest BCUT2D eigenvalue weighted by molar-refractivity contribution is 0.607. The van der Waals surface area contributed by atoms with E-state index in [0.29, 0.717) is 27.8 Å². The number of aromatic nitrogens is 2. The molecule has 3 rings (SSSR count). The first kappa shape index (κ1) is 16.0. The van der Waals surface area contributed by atoms with Crippen molar-refractivity contribution in [1.29, 1.82) is 0 Å². The monoisotopic (exact) mass is 345 g/mol. The van der Waals surface area contributed by atoms with Crippen LogP contribution >= 0.6 is 0 Å².